The number of amides is 1. The maximum atomic E-state index is 12.7. The molecule has 24 heavy (non-hydrogen) atoms. The zero-order valence-corrected chi connectivity index (χ0v) is 13.9. The topological polar surface area (TPSA) is 113 Å². The average Bonchev–Trinajstić information content (AvgIpc) is 2.59. The van der Waals surface area contributed by atoms with Gasteiger partial charge in [0.2, 0.25) is 10.0 Å². The van der Waals surface area contributed by atoms with Gasteiger partial charge in [-0.25, -0.2) is 8.42 Å². The lowest BCUT2D eigenvalue weighted by Gasteiger charge is -2.26. The fraction of sp³-hybridized carbons (Fsp3) is 0.467. The summed E-state index contributed by atoms with van der Waals surface area (Å²) in [6, 6.07) is 6.00. The minimum Gasteiger partial charge on any atom is -0.481 e. The number of carbonyl (C=O) groups excluding carboxylic acids is 1. The van der Waals surface area contributed by atoms with Crippen molar-refractivity contribution in [1.82, 2.24) is 9.62 Å². The van der Waals surface area contributed by atoms with Gasteiger partial charge in [-0.2, -0.15) is 4.31 Å². The number of sulfonamides is 1. The van der Waals surface area contributed by atoms with Crippen LogP contribution >= 0.6 is 0 Å². The van der Waals surface area contributed by atoms with Gasteiger partial charge in [0.05, 0.1) is 23.7 Å². The van der Waals surface area contributed by atoms with Gasteiger partial charge in [0, 0.05) is 26.1 Å². The van der Waals surface area contributed by atoms with E-state index in [0.29, 0.717) is 13.2 Å². The Morgan fingerprint density at radius 2 is 1.88 bits per heavy atom. The molecule has 1 fully saturated rings. The number of ether oxygens (including phenoxy) is 1. The molecule has 2 rings (SSSR count). The summed E-state index contributed by atoms with van der Waals surface area (Å²) >= 11 is 0. The molecular formula is C15H20N2O6S. The van der Waals surface area contributed by atoms with Crippen molar-refractivity contribution in [3.8, 4) is 0 Å². The van der Waals surface area contributed by atoms with Gasteiger partial charge >= 0.3 is 5.97 Å². The maximum Gasteiger partial charge on any atom is 0.303 e. The van der Waals surface area contributed by atoms with E-state index in [1.165, 1.54) is 16.4 Å². The molecule has 0 saturated carbocycles. The average molecular weight is 356 g/mol. The molecule has 1 aromatic rings. The summed E-state index contributed by atoms with van der Waals surface area (Å²) in [6.07, 6.45) is 0.216. The number of hydrogen-bond acceptors (Lipinski definition) is 5. The van der Waals surface area contributed by atoms with E-state index in [4.69, 9.17) is 9.84 Å². The molecule has 0 atom stereocenters. The number of nitrogens with one attached hydrogen (secondary N) is 1. The van der Waals surface area contributed by atoms with Crippen molar-refractivity contribution in [2.45, 2.75) is 17.7 Å². The molecule has 132 valence electrons. The first kappa shape index (κ1) is 18.4. The number of nitrogens with zero attached hydrogens (tertiary/aromatic N) is 1. The maximum absolute atomic E-state index is 12.7. The Labute approximate surface area is 140 Å². The Hall–Kier alpha value is -1.97. The van der Waals surface area contributed by atoms with Crippen LogP contribution in [-0.2, 0) is 19.6 Å². The van der Waals surface area contributed by atoms with E-state index < -0.39 is 21.9 Å². The summed E-state index contributed by atoms with van der Waals surface area (Å²) in [5.41, 5.74) is 0.0549. The van der Waals surface area contributed by atoms with Crippen LogP contribution in [0.3, 0.4) is 0 Å². The lowest BCUT2D eigenvalue weighted by atomic mass is 10.2. The quantitative estimate of drug-likeness (QED) is 0.680. The first-order chi connectivity index (χ1) is 11.4. The van der Waals surface area contributed by atoms with Crippen molar-refractivity contribution < 1.29 is 27.9 Å². The molecule has 1 aliphatic heterocycles. The zero-order chi connectivity index (χ0) is 17.6. The van der Waals surface area contributed by atoms with E-state index in [9.17, 15) is 18.0 Å². The van der Waals surface area contributed by atoms with Gasteiger partial charge in [0.15, 0.2) is 0 Å². The molecule has 9 heteroatoms. The summed E-state index contributed by atoms with van der Waals surface area (Å²) < 4.78 is 31.9. The molecule has 1 heterocycles. The summed E-state index contributed by atoms with van der Waals surface area (Å²) in [5.74, 6) is -1.48. The monoisotopic (exact) mass is 356 g/mol. The Balaban J connectivity index is 2.14. The fourth-order valence-corrected chi connectivity index (χ4v) is 3.94. The Morgan fingerprint density at radius 3 is 2.54 bits per heavy atom. The molecule has 0 aromatic heterocycles. The van der Waals surface area contributed by atoms with E-state index in [2.05, 4.69) is 5.32 Å². The van der Waals surface area contributed by atoms with Crippen LogP contribution in [-0.4, -0.2) is 62.6 Å². The van der Waals surface area contributed by atoms with Gasteiger partial charge in [0.1, 0.15) is 0 Å². The number of benzene rings is 1. The number of aliphatic carboxylic acids is 1. The van der Waals surface area contributed by atoms with Crippen LogP contribution in [0.25, 0.3) is 0 Å². The second-order valence-electron chi connectivity index (χ2n) is 5.27. The van der Waals surface area contributed by atoms with E-state index in [-0.39, 0.29) is 42.9 Å². The molecule has 0 aliphatic carbocycles. The van der Waals surface area contributed by atoms with Crippen LogP contribution in [0, 0.1) is 0 Å². The van der Waals surface area contributed by atoms with Crippen molar-refractivity contribution >= 4 is 21.9 Å². The molecule has 0 bridgehead atoms. The molecule has 0 radical (unpaired) electrons. The van der Waals surface area contributed by atoms with Crippen molar-refractivity contribution in [2.75, 3.05) is 32.8 Å². The highest BCUT2D eigenvalue weighted by atomic mass is 32.2. The molecular weight excluding hydrogens is 336 g/mol. The fourth-order valence-electron chi connectivity index (χ4n) is 2.34. The van der Waals surface area contributed by atoms with Crippen molar-refractivity contribution in [2.24, 2.45) is 0 Å². The molecule has 0 unspecified atom stereocenters. The number of rotatable bonds is 7. The molecule has 2 N–H and O–H groups in total. The predicted octanol–water partition coefficient (Wildman–Crippen LogP) is 0.302. The molecule has 1 saturated heterocycles. The zero-order valence-electron chi connectivity index (χ0n) is 13.1. The summed E-state index contributed by atoms with van der Waals surface area (Å²) in [6.45, 7) is 1.30. The van der Waals surface area contributed by atoms with E-state index >= 15 is 0 Å². The lowest BCUT2D eigenvalue weighted by molar-refractivity contribution is -0.137. The number of hydrogen-bond donors (Lipinski definition) is 2. The smallest absolute Gasteiger partial charge is 0.303 e. The summed E-state index contributed by atoms with van der Waals surface area (Å²) in [5, 5.41) is 11.1. The van der Waals surface area contributed by atoms with Crippen molar-refractivity contribution in [3.63, 3.8) is 0 Å². The minimum absolute atomic E-state index is 0.0531. The summed E-state index contributed by atoms with van der Waals surface area (Å²) in [7, 11) is -3.78. The Morgan fingerprint density at radius 1 is 1.21 bits per heavy atom. The van der Waals surface area contributed by atoms with Crippen LogP contribution in [0.2, 0.25) is 0 Å². The standard InChI is InChI=1S/C15H20N2O6S/c18-14(19)6-3-7-16-15(20)12-4-1-2-5-13(12)24(21,22)17-8-10-23-11-9-17/h1-2,4-5H,3,6-11H2,(H,16,20)(H,18,19). The largest absolute Gasteiger partial charge is 0.481 e. The summed E-state index contributed by atoms with van der Waals surface area (Å²) in [4.78, 5) is 22.7. The highest BCUT2D eigenvalue weighted by molar-refractivity contribution is 7.89. The molecule has 1 aliphatic rings. The molecule has 0 spiro atoms. The second kappa shape index (κ2) is 8.22. The van der Waals surface area contributed by atoms with E-state index in [1.807, 2.05) is 0 Å². The van der Waals surface area contributed by atoms with Gasteiger partial charge in [0.25, 0.3) is 5.91 Å². The van der Waals surface area contributed by atoms with Crippen molar-refractivity contribution in [3.05, 3.63) is 29.8 Å². The van der Waals surface area contributed by atoms with Gasteiger partial charge in [-0.15, -0.1) is 0 Å². The Kier molecular flexibility index (Phi) is 6.29. The Bertz CT molecular complexity index is 698. The van der Waals surface area contributed by atoms with Crippen molar-refractivity contribution in [1.29, 1.82) is 0 Å². The van der Waals surface area contributed by atoms with Crippen LogP contribution < -0.4 is 5.32 Å². The normalized spacial score (nSPS) is 15.8. The third kappa shape index (κ3) is 4.53. The first-order valence-corrected chi connectivity index (χ1v) is 9.04. The minimum atomic E-state index is -3.78. The lowest BCUT2D eigenvalue weighted by Crippen LogP contribution is -2.41. The molecule has 1 amide bonds. The van der Waals surface area contributed by atoms with Gasteiger partial charge in [-0.05, 0) is 18.6 Å². The number of carboxylic acids is 1. The van der Waals surface area contributed by atoms with Crippen LogP contribution in [0.5, 0.6) is 0 Å². The second-order valence-corrected chi connectivity index (χ2v) is 7.17. The van der Waals surface area contributed by atoms with E-state index in [1.54, 1.807) is 12.1 Å². The highest BCUT2D eigenvalue weighted by Gasteiger charge is 2.29. The molecule has 1 aromatic carbocycles. The third-order valence-electron chi connectivity index (χ3n) is 3.57. The van der Waals surface area contributed by atoms with E-state index in [0.717, 1.165) is 0 Å². The SMILES string of the molecule is O=C(O)CCCNC(=O)c1ccccc1S(=O)(=O)N1CCOCC1. The number of carboxylic acid groups (broad SMARTS) is 1. The van der Waals surface area contributed by atoms with Crippen LogP contribution in [0.1, 0.15) is 23.2 Å². The van der Waals surface area contributed by atoms with Gasteiger partial charge < -0.3 is 15.2 Å². The number of morpholine rings is 1. The van der Waals surface area contributed by atoms with Gasteiger partial charge in [-0.1, -0.05) is 12.1 Å². The highest BCUT2D eigenvalue weighted by Crippen LogP contribution is 2.21. The van der Waals surface area contributed by atoms with Gasteiger partial charge in [-0.3, -0.25) is 9.59 Å². The van der Waals surface area contributed by atoms with Crippen LogP contribution in [0.15, 0.2) is 29.2 Å². The number of carbonyl (C=O) groups is 2. The first-order valence-electron chi connectivity index (χ1n) is 7.60. The third-order valence-corrected chi connectivity index (χ3v) is 5.53. The van der Waals surface area contributed by atoms with Crippen LogP contribution in [0.4, 0.5) is 0 Å². The predicted molar refractivity (Wildman–Crippen MR) is 85.2 cm³/mol. The molecule has 8 nitrogen and oxygen atoms in total.